The van der Waals surface area contributed by atoms with E-state index in [0.717, 1.165) is 12.1 Å². The number of rotatable bonds is 2. The van der Waals surface area contributed by atoms with E-state index in [1.54, 1.807) is 0 Å². The SMILES string of the molecule is CC1(C)CN(C(=O)c2c(F)cc(Br)cc2F)CC(CBr)O1. The third kappa shape index (κ3) is 3.81. The van der Waals surface area contributed by atoms with Crippen molar-refractivity contribution >= 4 is 37.8 Å². The molecule has 1 aromatic rings. The van der Waals surface area contributed by atoms with Gasteiger partial charge in [-0.15, -0.1) is 0 Å². The highest BCUT2D eigenvalue weighted by Gasteiger charge is 2.36. The highest BCUT2D eigenvalue weighted by Crippen LogP contribution is 2.26. The van der Waals surface area contributed by atoms with Gasteiger partial charge in [0.25, 0.3) is 5.91 Å². The summed E-state index contributed by atoms with van der Waals surface area (Å²) in [6, 6.07) is 2.17. The van der Waals surface area contributed by atoms with Gasteiger partial charge in [-0.3, -0.25) is 4.79 Å². The second-order valence-corrected chi connectivity index (χ2v) is 7.15. The van der Waals surface area contributed by atoms with Crippen molar-refractivity contribution in [1.82, 2.24) is 4.90 Å². The average molecular weight is 427 g/mol. The smallest absolute Gasteiger partial charge is 0.260 e. The Labute approximate surface area is 138 Å². The first kappa shape index (κ1) is 16.8. The monoisotopic (exact) mass is 425 g/mol. The number of carbonyl (C=O) groups is 1. The van der Waals surface area contributed by atoms with Crippen LogP contribution in [0.2, 0.25) is 0 Å². The number of morpholine rings is 1. The van der Waals surface area contributed by atoms with Crippen molar-refractivity contribution < 1.29 is 18.3 Å². The van der Waals surface area contributed by atoms with Crippen LogP contribution in [0.3, 0.4) is 0 Å². The fourth-order valence-corrected chi connectivity index (χ4v) is 3.17. The number of halogens is 4. The van der Waals surface area contributed by atoms with Crippen LogP contribution in [-0.4, -0.2) is 40.9 Å². The summed E-state index contributed by atoms with van der Waals surface area (Å²) in [6.45, 7) is 4.26. The number of amides is 1. The van der Waals surface area contributed by atoms with Gasteiger partial charge in [-0.1, -0.05) is 31.9 Å². The number of benzene rings is 1. The maximum atomic E-state index is 13.9. The largest absolute Gasteiger partial charge is 0.368 e. The molecule has 1 heterocycles. The van der Waals surface area contributed by atoms with Crippen LogP contribution in [0.5, 0.6) is 0 Å². The Bertz CT molecular complexity index is 543. The molecule has 0 N–H and O–H groups in total. The molecule has 0 bridgehead atoms. The molecular weight excluding hydrogens is 412 g/mol. The van der Waals surface area contributed by atoms with Gasteiger partial charge in [0.05, 0.1) is 11.7 Å². The minimum absolute atomic E-state index is 0.209. The Kier molecular flexibility index (Phi) is 5.05. The lowest BCUT2D eigenvalue weighted by atomic mass is 10.0. The summed E-state index contributed by atoms with van der Waals surface area (Å²) in [5.41, 5.74) is -1.08. The molecule has 0 aliphatic carbocycles. The molecule has 0 aromatic heterocycles. The highest BCUT2D eigenvalue weighted by molar-refractivity contribution is 9.10. The minimum Gasteiger partial charge on any atom is -0.368 e. The molecule has 21 heavy (non-hydrogen) atoms. The molecule has 3 nitrogen and oxygen atoms in total. The third-order valence-electron chi connectivity index (χ3n) is 3.16. The van der Waals surface area contributed by atoms with Crippen LogP contribution in [0.15, 0.2) is 16.6 Å². The Hall–Kier alpha value is -0.530. The van der Waals surface area contributed by atoms with E-state index in [-0.39, 0.29) is 17.1 Å². The van der Waals surface area contributed by atoms with Gasteiger partial charge >= 0.3 is 0 Å². The van der Waals surface area contributed by atoms with E-state index in [4.69, 9.17) is 4.74 Å². The molecule has 1 aliphatic rings. The van der Waals surface area contributed by atoms with Crippen molar-refractivity contribution in [2.75, 3.05) is 18.4 Å². The maximum Gasteiger partial charge on any atom is 0.260 e. The van der Waals surface area contributed by atoms with Crippen molar-refractivity contribution in [3.8, 4) is 0 Å². The van der Waals surface area contributed by atoms with E-state index in [2.05, 4.69) is 31.9 Å². The number of nitrogens with zero attached hydrogens (tertiary/aromatic N) is 1. The summed E-state index contributed by atoms with van der Waals surface area (Å²) < 4.78 is 33.9. The molecule has 1 atom stereocenters. The van der Waals surface area contributed by atoms with Gasteiger partial charge in [0.15, 0.2) is 0 Å². The van der Waals surface area contributed by atoms with E-state index in [1.807, 2.05) is 13.8 Å². The predicted molar refractivity (Wildman–Crippen MR) is 82.7 cm³/mol. The standard InChI is InChI=1S/C14H15Br2F2NO2/c1-14(2)7-19(6-9(5-15)21-14)13(20)12-10(17)3-8(16)4-11(12)18/h3-4,9H,5-7H2,1-2H3. The first-order chi connectivity index (χ1) is 9.73. The Morgan fingerprint density at radius 3 is 2.52 bits per heavy atom. The van der Waals surface area contributed by atoms with Crippen molar-refractivity contribution in [2.24, 2.45) is 0 Å². The summed E-state index contributed by atoms with van der Waals surface area (Å²) in [7, 11) is 0. The molecule has 1 fully saturated rings. The molecule has 1 aliphatic heterocycles. The normalized spacial score (nSPS) is 21.4. The number of ether oxygens (including phenoxy) is 1. The highest BCUT2D eigenvalue weighted by atomic mass is 79.9. The average Bonchev–Trinajstić information content (AvgIpc) is 2.35. The second-order valence-electron chi connectivity index (χ2n) is 5.58. The first-order valence-electron chi connectivity index (χ1n) is 6.41. The van der Waals surface area contributed by atoms with Crippen LogP contribution in [-0.2, 0) is 4.74 Å². The molecule has 1 saturated heterocycles. The summed E-state index contributed by atoms with van der Waals surface area (Å²) in [4.78, 5) is 13.9. The fourth-order valence-electron chi connectivity index (χ4n) is 2.44. The van der Waals surface area contributed by atoms with Crippen molar-refractivity contribution in [3.63, 3.8) is 0 Å². The van der Waals surface area contributed by atoms with E-state index >= 15 is 0 Å². The molecule has 1 amide bonds. The van der Waals surface area contributed by atoms with Crippen LogP contribution in [0.1, 0.15) is 24.2 Å². The molecule has 0 saturated carbocycles. The summed E-state index contributed by atoms with van der Waals surface area (Å²) in [6.07, 6.45) is -0.209. The summed E-state index contributed by atoms with van der Waals surface area (Å²) in [5, 5.41) is 0.547. The van der Waals surface area contributed by atoms with Gasteiger partial charge in [-0.2, -0.15) is 0 Å². The van der Waals surface area contributed by atoms with Crippen LogP contribution in [0.25, 0.3) is 0 Å². The molecule has 2 rings (SSSR count). The van der Waals surface area contributed by atoms with Gasteiger partial charge in [0.1, 0.15) is 17.2 Å². The lowest BCUT2D eigenvalue weighted by molar-refractivity contribution is -0.116. The lowest BCUT2D eigenvalue weighted by Gasteiger charge is -2.42. The van der Waals surface area contributed by atoms with Crippen molar-refractivity contribution in [1.29, 1.82) is 0 Å². The summed E-state index contributed by atoms with van der Waals surface area (Å²) in [5.74, 6) is -2.39. The molecule has 116 valence electrons. The van der Waals surface area contributed by atoms with Crippen molar-refractivity contribution in [2.45, 2.75) is 25.6 Å². The molecular formula is C14H15Br2F2NO2. The topological polar surface area (TPSA) is 29.5 Å². The second kappa shape index (κ2) is 6.30. The van der Waals surface area contributed by atoms with E-state index < -0.39 is 28.7 Å². The van der Waals surface area contributed by atoms with Gasteiger partial charge in [-0.25, -0.2) is 8.78 Å². The molecule has 7 heteroatoms. The van der Waals surface area contributed by atoms with E-state index in [1.165, 1.54) is 4.90 Å². The molecule has 1 unspecified atom stereocenters. The molecule has 0 spiro atoms. The Balaban J connectivity index is 2.31. The lowest BCUT2D eigenvalue weighted by Crippen LogP contribution is -2.55. The number of hydrogen-bond acceptors (Lipinski definition) is 2. The molecule has 1 aromatic carbocycles. The Morgan fingerprint density at radius 2 is 2.00 bits per heavy atom. The number of carbonyl (C=O) groups excluding carboxylic acids is 1. The minimum atomic E-state index is -0.869. The molecule has 0 radical (unpaired) electrons. The quantitative estimate of drug-likeness (QED) is 0.674. The van der Waals surface area contributed by atoms with Gasteiger partial charge in [0.2, 0.25) is 0 Å². The van der Waals surface area contributed by atoms with Gasteiger partial charge in [-0.05, 0) is 26.0 Å². The van der Waals surface area contributed by atoms with Crippen LogP contribution < -0.4 is 0 Å². The zero-order valence-corrected chi connectivity index (χ0v) is 14.8. The number of alkyl halides is 1. The van der Waals surface area contributed by atoms with Crippen LogP contribution in [0.4, 0.5) is 8.78 Å². The Morgan fingerprint density at radius 1 is 1.43 bits per heavy atom. The number of hydrogen-bond donors (Lipinski definition) is 0. The van der Waals surface area contributed by atoms with Gasteiger partial charge < -0.3 is 9.64 Å². The van der Waals surface area contributed by atoms with Crippen molar-refractivity contribution in [3.05, 3.63) is 33.8 Å². The zero-order valence-electron chi connectivity index (χ0n) is 11.6. The van der Waals surface area contributed by atoms with E-state index in [0.29, 0.717) is 11.9 Å². The van der Waals surface area contributed by atoms with Crippen LogP contribution in [0, 0.1) is 11.6 Å². The predicted octanol–water partition coefficient (Wildman–Crippen LogP) is 3.74. The van der Waals surface area contributed by atoms with Gasteiger partial charge in [0, 0.05) is 22.9 Å². The first-order valence-corrected chi connectivity index (χ1v) is 8.32. The van der Waals surface area contributed by atoms with E-state index in [9.17, 15) is 13.6 Å². The zero-order chi connectivity index (χ0) is 15.8. The third-order valence-corrected chi connectivity index (χ3v) is 4.34. The van der Waals surface area contributed by atoms with Crippen LogP contribution >= 0.6 is 31.9 Å². The maximum absolute atomic E-state index is 13.9. The fraction of sp³-hybridized carbons (Fsp3) is 0.500. The summed E-state index contributed by atoms with van der Waals surface area (Å²) >= 11 is 6.32.